The van der Waals surface area contributed by atoms with Crippen molar-refractivity contribution in [3.8, 4) is 5.75 Å². The molecule has 0 spiro atoms. The van der Waals surface area contributed by atoms with Crippen molar-refractivity contribution in [2.45, 2.75) is 81.9 Å². The van der Waals surface area contributed by atoms with Crippen molar-refractivity contribution in [2.75, 3.05) is 26.2 Å². The summed E-state index contributed by atoms with van der Waals surface area (Å²) in [6, 6.07) is -0.720. The molecule has 264 valence electrons. The lowest BCUT2D eigenvalue weighted by Crippen LogP contribution is -2.59. The van der Waals surface area contributed by atoms with Crippen LogP contribution in [0.25, 0.3) is 0 Å². The second kappa shape index (κ2) is 16.8. The number of amides is 6. The lowest BCUT2D eigenvalue weighted by molar-refractivity contribution is -0.147. The summed E-state index contributed by atoms with van der Waals surface area (Å²) in [6.07, 6.45) is -0.521. The van der Waals surface area contributed by atoms with Gasteiger partial charge in [0, 0.05) is 32.0 Å². The topological polar surface area (TPSA) is 287 Å². The molecule has 2 saturated heterocycles. The van der Waals surface area contributed by atoms with Gasteiger partial charge in [0.15, 0.2) is 0 Å². The molecule has 3 rings (SSSR count). The fourth-order valence-electron chi connectivity index (χ4n) is 5.61. The fourth-order valence-corrected chi connectivity index (χ4v) is 5.61. The number of nitrogens with zero attached hydrogens (tertiary/aromatic N) is 2. The van der Waals surface area contributed by atoms with Crippen molar-refractivity contribution < 1.29 is 48.9 Å². The highest BCUT2D eigenvalue weighted by molar-refractivity contribution is 5.96. The van der Waals surface area contributed by atoms with Crippen LogP contribution in [0.1, 0.15) is 38.7 Å². The molecule has 0 aromatic heterocycles. The van der Waals surface area contributed by atoms with Gasteiger partial charge >= 0.3 is 5.97 Å². The number of carbonyl (C=O) groups is 7. The van der Waals surface area contributed by atoms with Gasteiger partial charge in [-0.3, -0.25) is 28.8 Å². The first-order valence-electron chi connectivity index (χ1n) is 15.5. The first-order valence-corrected chi connectivity index (χ1v) is 15.5. The van der Waals surface area contributed by atoms with Crippen LogP contribution in [-0.2, 0) is 40.0 Å². The summed E-state index contributed by atoms with van der Waals surface area (Å²) < 4.78 is 0. The van der Waals surface area contributed by atoms with Crippen LogP contribution in [0.2, 0.25) is 0 Å². The van der Waals surface area contributed by atoms with Gasteiger partial charge < -0.3 is 57.9 Å². The molecular formula is C30H44N8O10. The van der Waals surface area contributed by atoms with E-state index in [1.807, 2.05) is 0 Å². The number of phenols is 1. The van der Waals surface area contributed by atoms with Gasteiger partial charge in [-0.1, -0.05) is 12.1 Å². The van der Waals surface area contributed by atoms with E-state index < -0.39 is 90.3 Å². The third-order valence-electron chi connectivity index (χ3n) is 8.19. The smallest absolute Gasteiger partial charge is 0.326 e. The predicted octanol–water partition coefficient (Wildman–Crippen LogP) is -4.13. The number of carboxylic acids is 1. The molecular weight excluding hydrogens is 632 g/mol. The van der Waals surface area contributed by atoms with Gasteiger partial charge in [0.25, 0.3) is 0 Å². The third kappa shape index (κ3) is 9.85. The second-order valence-corrected chi connectivity index (χ2v) is 12.0. The van der Waals surface area contributed by atoms with E-state index in [1.165, 1.54) is 43.0 Å². The minimum absolute atomic E-state index is 0.00242. The molecule has 0 aliphatic carbocycles. The summed E-state index contributed by atoms with van der Waals surface area (Å²) in [5, 5.41) is 39.2. The van der Waals surface area contributed by atoms with Crippen molar-refractivity contribution in [2.24, 2.45) is 11.5 Å². The van der Waals surface area contributed by atoms with Crippen molar-refractivity contribution >= 4 is 41.4 Å². The van der Waals surface area contributed by atoms with Crippen LogP contribution in [0.4, 0.5) is 0 Å². The monoisotopic (exact) mass is 676 g/mol. The second-order valence-electron chi connectivity index (χ2n) is 12.0. The Morgan fingerprint density at radius 1 is 0.958 bits per heavy atom. The number of aliphatic carboxylic acids is 1. The number of phenolic OH excluding ortho intramolecular Hbond substituents is 1. The number of likely N-dealkylation sites (tertiary alicyclic amines) is 2. The quantitative estimate of drug-likeness (QED) is 0.0908. The van der Waals surface area contributed by atoms with E-state index in [0.29, 0.717) is 12.0 Å². The molecule has 0 saturated carbocycles. The zero-order chi connectivity index (χ0) is 35.7. The molecule has 2 fully saturated rings. The maximum absolute atomic E-state index is 13.7. The van der Waals surface area contributed by atoms with E-state index in [2.05, 4.69) is 21.3 Å². The van der Waals surface area contributed by atoms with E-state index in [-0.39, 0.29) is 44.6 Å². The number of nitrogens with two attached hydrogens (primary N) is 2. The van der Waals surface area contributed by atoms with E-state index in [0.717, 1.165) is 4.90 Å². The minimum Gasteiger partial charge on any atom is -0.508 e. The van der Waals surface area contributed by atoms with Crippen LogP contribution < -0.4 is 32.7 Å². The number of aromatic hydroxyl groups is 1. The number of hydrogen-bond donors (Lipinski definition) is 9. The summed E-state index contributed by atoms with van der Waals surface area (Å²) >= 11 is 0. The van der Waals surface area contributed by atoms with Crippen LogP contribution in [0.3, 0.4) is 0 Å². The van der Waals surface area contributed by atoms with Gasteiger partial charge in [-0.15, -0.1) is 0 Å². The molecule has 7 atom stereocenters. The van der Waals surface area contributed by atoms with Crippen LogP contribution in [0, 0.1) is 0 Å². The molecule has 2 aliphatic heterocycles. The van der Waals surface area contributed by atoms with Crippen molar-refractivity contribution in [1.29, 1.82) is 0 Å². The Morgan fingerprint density at radius 3 is 2.23 bits per heavy atom. The maximum atomic E-state index is 13.7. The van der Waals surface area contributed by atoms with E-state index in [9.17, 15) is 48.9 Å². The van der Waals surface area contributed by atoms with Crippen LogP contribution >= 0.6 is 0 Å². The maximum Gasteiger partial charge on any atom is 0.326 e. The molecule has 1 aromatic rings. The summed E-state index contributed by atoms with van der Waals surface area (Å²) in [6.45, 7) is 1.86. The summed E-state index contributed by atoms with van der Waals surface area (Å²) in [5.41, 5.74) is 11.6. The van der Waals surface area contributed by atoms with E-state index in [4.69, 9.17) is 11.5 Å². The average molecular weight is 677 g/mol. The van der Waals surface area contributed by atoms with E-state index >= 15 is 0 Å². The molecule has 0 radical (unpaired) electrons. The number of nitrogens with one attached hydrogen (secondary N) is 4. The highest BCUT2D eigenvalue weighted by Crippen LogP contribution is 2.25. The molecule has 1 unspecified atom stereocenters. The summed E-state index contributed by atoms with van der Waals surface area (Å²) in [7, 11) is 0. The first-order chi connectivity index (χ1) is 22.6. The molecule has 18 heteroatoms. The molecule has 1 aromatic carbocycles. The van der Waals surface area contributed by atoms with Gasteiger partial charge in [-0.05, 0) is 44.4 Å². The Morgan fingerprint density at radius 2 is 1.62 bits per heavy atom. The third-order valence-corrected chi connectivity index (χ3v) is 8.19. The van der Waals surface area contributed by atoms with Gasteiger partial charge in [-0.25, -0.2) is 4.79 Å². The number of aliphatic hydroxyl groups excluding tert-OH is 1. The van der Waals surface area contributed by atoms with Gasteiger partial charge in [-0.2, -0.15) is 0 Å². The molecule has 6 amide bonds. The lowest BCUT2D eigenvalue weighted by atomic mass is 10.0. The first kappa shape index (κ1) is 37.6. The van der Waals surface area contributed by atoms with Crippen molar-refractivity contribution in [3.05, 3.63) is 29.8 Å². The van der Waals surface area contributed by atoms with Gasteiger partial charge in [0.1, 0.15) is 36.0 Å². The number of carbonyl (C=O) groups excluding carboxylic acids is 6. The number of benzene rings is 1. The van der Waals surface area contributed by atoms with Crippen LogP contribution in [0.15, 0.2) is 24.3 Å². The number of β-amino-alcohol motifs (C(OH)–C–C–N with tert-alkyl or cyclic N) is 1. The SMILES string of the molecule is CC(N)[C@H](NC(=O)CN)C(=O)N[C@@H](C)C(=O)NCC(=O)N1C[C@H](O)C[C@H]1C(=O)N1CCC[C@H]1C(=O)N[C@@H](Cc1ccc(O)cc1)C(=O)O. The Kier molecular flexibility index (Phi) is 13.2. The Balaban J connectivity index is 1.60. The molecule has 2 aliphatic rings. The largest absolute Gasteiger partial charge is 0.508 e. The number of hydrogen-bond acceptors (Lipinski definition) is 11. The summed E-state index contributed by atoms with van der Waals surface area (Å²) in [4.78, 5) is 91.3. The molecule has 2 heterocycles. The minimum atomic E-state index is -1.31. The lowest BCUT2D eigenvalue weighted by Gasteiger charge is -2.31. The summed E-state index contributed by atoms with van der Waals surface area (Å²) in [5.74, 6) is -5.37. The van der Waals surface area contributed by atoms with Gasteiger partial charge in [0.2, 0.25) is 35.4 Å². The predicted molar refractivity (Wildman–Crippen MR) is 167 cm³/mol. The van der Waals surface area contributed by atoms with Gasteiger partial charge in [0.05, 0.1) is 19.2 Å². The zero-order valence-corrected chi connectivity index (χ0v) is 26.8. The number of carboxylic acid groups (broad SMARTS) is 1. The van der Waals surface area contributed by atoms with Crippen molar-refractivity contribution in [3.63, 3.8) is 0 Å². The highest BCUT2D eigenvalue weighted by atomic mass is 16.4. The van der Waals surface area contributed by atoms with Crippen LogP contribution in [-0.4, -0.2) is 135 Å². The Labute approximate surface area is 276 Å². The fraction of sp³-hybridized carbons (Fsp3) is 0.567. The normalized spacial score (nSPS) is 21.4. The average Bonchev–Trinajstić information content (AvgIpc) is 3.69. The van der Waals surface area contributed by atoms with Crippen molar-refractivity contribution in [1.82, 2.24) is 31.1 Å². The molecule has 11 N–H and O–H groups in total. The molecule has 0 bridgehead atoms. The Hall–Kier alpha value is -4.81. The number of rotatable bonds is 14. The zero-order valence-electron chi connectivity index (χ0n) is 26.8. The van der Waals surface area contributed by atoms with Crippen LogP contribution in [0.5, 0.6) is 5.75 Å². The Bertz CT molecular complexity index is 1370. The molecule has 48 heavy (non-hydrogen) atoms. The molecule has 18 nitrogen and oxygen atoms in total. The number of aliphatic hydroxyl groups is 1. The highest BCUT2D eigenvalue weighted by Gasteiger charge is 2.45. The standard InChI is InChI=1S/C30H44N8O10/c1-15(32)25(36-23(41)12-31)28(45)34-16(2)26(43)33-13-24(42)38-14-19(40)11-22(38)29(46)37-9-3-4-21(37)27(44)35-20(30(47)48)10-17-5-7-18(39)8-6-17/h5-8,15-16,19-22,25,39-40H,3-4,9-14,31-32H2,1-2H3,(H,33,43)(H,34,45)(H,35,44)(H,36,41)(H,47,48)/t15?,16-,19+,20-,21-,22-,25-/m0/s1. The van der Waals surface area contributed by atoms with E-state index in [1.54, 1.807) is 0 Å².